The lowest BCUT2D eigenvalue weighted by Gasteiger charge is -2.18. The molecular formula is C22H22N4O4. The third kappa shape index (κ3) is 4.54. The van der Waals surface area contributed by atoms with E-state index in [1.165, 1.54) is 20.5 Å². The summed E-state index contributed by atoms with van der Waals surface area (Å²) >= 11 is 0. The van der Waals surface area contributed by atoms with Crippen LogP contribution in [0, 0.1) is 0 Å². The van der Waals surface area contributed by atoms with Crippen LogP contribution in [0.5, 0.6) is 11.6 Å². The third-order valence-electron chi connectivity index (χ3n) is 4.17. The number of aromatic nitrogens is 2. The second-order valence-electron chi connectivity index (χ2n) is 6.38. The van der Waals surface area contributed by atoms with Crippen molar-refractivity contribution in [2.24, 2.45) is 5.16 Å². The van der Waals surface area contributed by atoms with Gasteiger partial charge in [-0.05, 0) is 23.3 Å². The van der Waals surface area contributed by atoms with Crippen LogP contribution in [0.1, 0.15) is 5.56 Å². The molecule has 154 valence electrons. The molecule has 0 amide bonds. The Kier molecular flexibility index (Phi) is 6.59. The van der Waals surface area contributed by atoms with Gasteiger partial charge in [-0.1, -0.05) is 47.6 Å². The first-order valence-corrected chi connectivity index (χ1v) is 9.10. The quantitative estimate of drug-likeness (QED) is 0.337. The van der Waals surface area contributed by atoms with Gasteiger partial charge in [0.15, 0.2) is 0 Å². The van der Waals surface area contributed by atoms with E-state index in [0.717, 1.165) is 11.1 Å². The lowest BCUT2D eigenvalue weighted by Crippen LogP contribution is -2.24. The Morgan fingerprint density at radius 1 is 0.967 bits per heavy atom. The smallest absolute Gasteiger partial charge is 0.361 e. The van der Waals surface area contributed by atoms with Crippen LogP contribution in [0.15, 0.2) is 66.1 Å². The zero-order chi connectivity index (χ0) is 21.5. The molecule has 0 aliphatic rings. The van der Waals surface area contributed by atoms with Crippen LogP contribution < -0.4 is 9.64 Å². The SMILES string of the molecule is CON=C(C(=O)OC)c1c(Oc2cccc(-c3ccccc3)c2)ncnc1N(C)C. The van der Waals surface area contributed by atoms with Crippen molar-refractivity contribution in [3.8, 4) is 22.8 Å². The lowest BCUT2D eigenvalue weighted by atomic mass is 10.1. The lowest BCUT2D eigenvalue weighted by molar-refractivity contribution is -0.132. The molecular weight excluding hydrogens is 384 g/mol. The molecule has 2 aromatic carbocycles. The highest BCUT2D eigenvalue weighted by Crippen LogP contribution is 2.31. The van der Waals surface area contributed by atoms with Gasteiger partial charge >= 0.3 is 5.97 Å². The number of benzene rings is 2. The molecule has 0 fully saturated rings. The van der Waals surface area contributed by atoms with Gasteiger partial charge in [-0.3, -0.25) is 0 Å². The maximum atomic E-state index is 12.4. The number of hydrogen-bond acceptors (Lipinski definition) is 8. The summed E-state index contributed by atoms with van der Waals surface area (Å²) < 4.78 is 10.9. The number of esters is 1. The minimum absolute atomic E-state index is 0.0986. The van der Waals surface area contributed by atoms with E-state index in [2.05, 4.69) is 15.1 Å². The molecule has 0 spiro atoms. The summed E-state index contributed by atoms with van der Waals surface area (Å²) in [7, 11) is 6.17. The van der Waals surface area contributed by atoms with E-state index in [-0.39, 0.29) is 17.2 Å². The van der Waals surface area contributed by atoms with Gasteiger partial charge in [0.1, 0.15) is 30.6 Å². The van der Waals surface area contributed by atoms with Crippen molar-refractivity contribution in [2.75, 3.05) is 33.2 Å². The Bertz CT molecular complexity index is 1050. The zero-order valence-electron chi connectivity index (χ0n) is 17.2. The van der Waals surface area contributed by atoms with Gasteiger partial charge in [-0.2, -0.15) is 0 Å². The molecule has 0 saturated heterocycles. The van der Waals surface area contributed by atoms with Crippen LogP contribution >= 0.6 is 0 Å². The van der Waals surface area contributed by atoms with Crippen molar-refractivity contribution in [3.05, 3.63) is 66.5 Å². The summed E-state index contributed by atoms with van der Waals surface area (Å²) in [4.78, 5) is 27.4. The van der Waals surface area contributed by atoms with Crippen LogP contribution in [0.25, 0.3) is 11.1 Å². The summed E-state index contributed by atoms with van der Waals surface area (Å²) in [5, 5.41) is 3.83. The number of carbonyl (C=O) groups is 1. The van der Waals surface area contributed by atoms with Crippen LogP contribution in [0.2, 0.25) is 0 Å². The molecule has 1 aromatic heterocycles. The van der Waals surface area contributed by atoms with E-state index < -0.39 is 5.97 Å². The molecule has 0 N–H and O–H groups in total. The number of ether oxygens (including phenoxy) is 2. The highest BCUT2D eigenvalue weighted by atomic mass is 16.6. The van der Waals surface area contributed by atoms with Crippen molar-refractivity contribution in [2.45, 2.75) is 0 Å². The van der Waals surface area contributed by atoms with Crippen molar-refractivity contribution in [1.29, 1.82) is 0 Å². The Labute approximate surface area is 174 Å². The van der Waals surface area contributed by atoms with E-state index in [1.807, 2.05) is 48.5 Å². The summed E-state index contributed by atoms with van der Waals surface area (Å²) in [6.07, 6.45) is 1.36. The second-order valence-corrected chi connectivity index (χ2v) is 6.38. The Morgan fingerprint density at radius 2 is 1.70 bits per heavy atom. The van der Waals surface area contributed by atoms with E-state index in [4.69, 9.17) is 14.3 Å². The van der Waals surface area contributed by atoms with Gasteiger partial charge in [-0.15, -0.1) is 0 Å². The Hall–Kier alpha value is -3.94. The molecule has 8 heteroatoms. The average molecular weight is 406 g/mol. The first-order valence-electron chi connectivity index (χ1n) is 9.10. The van der Waals surface area contributed by atoms with Gasteiger partial charge in [-0.25, -0.2) is 14.8 Å². The predicted molar refractivity (Wildman–Crippen MR) is 114 cm³/mol. The molecule has 0 radical (unpaired) electrons. The van der Waals surface area contributed by atoms with Crippen molar-refractivity contribution < 1.29 is 19.1 Å². The monoisotopic (exact) mass is 406 g/mol. The molecule has 0 aliphatic heterocycles. The summed E-state index contributed by atoms with van der Waals surface area (Å²) in [5.41, 5.74) is 2.20. The first-order chi connectivity index (χ1) is 14.5. The minimum atomic E-state index is -0.697. The van der Waals surface area contributed by atoms with Gasteiger partial charge in [0.2, 0.25) is 11.6 Å². The summed E-state index contributed by atoms with van der Waals surface area (Å²) in [6, 6.07) is 17.5. The van der Waals surface area contributed by atoms with Crippen LogP contribution in [-0.2, 0) is 14.4 Å². The second kappa shape index (κ2) is 9.51. The highest BCUT2D eigenvalue weighted by molar-refractivity contribution is 6.44. The van der Waals surface area contributed by atoms with Crippen molar-refractivity contribution in [3.63, 3.8) is 0 Å². The number of nitrogens with zero attached hydrogens (tertiary/aromatic N) is 4. The largest absolute Gasteiger partial charge is 0.464 e. The molecule has 0 aliphatic carbocycles. The molecule has 0 saturated carbocycles. The highest BCUT2D eigenvalue weighted by Gasteiger charge is 2.27. The molecule has 0 atom stereocenters. The molecule has 3 aromatic rings. The van der Waals surface area contributed by atoms with Crippen LogP contribution in [0.4, 0.5) is 5.82 Å². The number of anilines is 1. The molecule has 0 bridgehead atoms. The van der Waals surface area contributed by atoms with E-state index in [1.54, 1.807) is 25.1 Å². The predicted octanol–water partition coefficient (Wildman–Crippen LogP) is 3.53. The normalized spacial score (nSPS) is 11.0. The minimum Gasteiger partial charge on any atom is -0.464 e. The molecule has 0 unspecified atom stereocenters. The fraction of sp³-hybridized carbons (Fsp3) is 0.182. The van der Waals surface area contributed by atoms with Crippen molar-refractivity contribution in [1.82, 2.24) is 9.97 Å². The van der Waals surface area contributed by atoms with Crippen LogP contribution in [0.3, 0.4) is 0 Å². The summed E-state index contributed by atoms with van der Waals surface area (Å²) in [5.74, 6) is 0.431. The van der Waals surface area contributed by atoms with Gasteiger partial charge in [0.05, 0.1) is 7.11 Å². The summed E-state index contributed by atoms with van der Waals surface area (Å²) in [6.45, 7) is 0. The van der Waals surface area contributed by atoms with E-state index in [9.17, 15) is 4.79 Å². The average Bonchev–Trinajstić information content (AvgIpc) is 2.78. The van der Waals surface area contributed by atoms with Gasteiger partial charge in [0, 0.05) is 14.1 Å². The topological polar surface area (TPSA) is 86.1 Å². The maximum absolute atomic E-state index is 12.4. The molecule has 30 heavy (non-hydrogen) atoms. The number of carbonyl (C=O) groups excluding carboxylic acids is 1. The number of oxime groups is 1. The number of methoxy groups -OCH3 is 1. The van der Waals surface area contributed by atoms with Gasteiger partial charge < -0.3 is 19.2 Å². The molecule has 8 nitrogen and oxygen atoms in total. The third-order valence-corrected chi connectivity index (χ3v) is 4.17. The van der Waals surface area contributed by atoms with Crippen LogP contribution in [-0.4, -0.2) is 50.0 Å². The Balaban J connectivity index is 2.08. The fourth-order valence-corrected chi connectivity index (χ4v) is 2.84. The maximum Gasteiger partial charge on any atom is 0.361 e. The van der Waals surface area contributed by atoms with Crippen molar-refractivity contribution >= 4 is 17.5 Å². The van der Waals surface area contributed by atoms with E-state index >= 15 is 0 Å². The molecule has 3 rings (SSSR count). The first kappa shape index (κ1) is 20.8. The molecule has 1 heterocycles. The standard InChI is InChI=1S/C22H22N4O4/c1-26(2)20-18(19(25-29-4)22(27)28-3)21(24-14-23-20)30-17-12-8-11-16(13-17)15-9-6-5-7-10-15/h5-14H,1-4H3. The fourth-order valence-electron chi connectivity index (χ4n) is 2.84. The zero-order valence-corrected chi connectivity index (χ0v) is 17.2. The number of rotatable bonds is 7. The number of hydrogen-bond donors (Lipinski definition) is 0. The Morgan fingerprint density at radius 3 is 2.37 bits per heavy atom. The van der Waals surface area contributed by atoms with E-state index in [0.29, 0.717) is 11.6 Å². The van der Waals surface area contributed by atoms with Gasteiger partial charge in [0.25, 0.3) is 0 Å².